The van der Waals surface area contributed by atoms with Crippen molar-refractivity contribution in [2.75, 3.05) is 25.0 Å². The zero-order chi connectivity index (χ0) is 13.3. The monoisotopic (exact) mass is 249 g/mol. The fraction of sp³-hybridized carbons (Fsp3) is 0.538. The van der Waals surface area contributed by atoms with Gasteiger partial charge in [0.1, 0.15) is 0 Å². The van der Waals surface area contributed by atoms with Gasteiger partial charge in [-0.25, -0.2) is 0 Å². The van der Waals surface area contributed by atoms with Crippen LogP contribution in [-0.2, 0) is 0 Å². The summed E-state index contributed by atoms with van der Waals surface area (Å²) in [5, 5.41) is 10.6. The highest BCUT2D eigenvalue weighted by molar-refractivity contribution is 5.51. The van der Waals surface area contributed by atoms with E-state index in [9.17, 15) is 10.1 Å². The summed E-state index contributed by atoms with van der Waals surface area (Å²) >= 11 is 0. The van der Waals surface area contributed by atoms with Crippen LogP contribution < -0.4 is 4.90 Å². The van der Waals surface area contributed by atoms with Gasteiger partial charge in [0.2, 0.25) is 0 Å². The standard InChI is InChI=1S/C13H19N3O2/c1-10-8-15(9-11(2)14(10)3)12-4-6-13(7-5-12)16(17)18/h4-7,10-11H,8-9H2,1-3H3/t10-,11?/m1/s1. The third kappa shape index (κ3) is 2.46. The number of nitro groups is 1. The molecule has 5 nitrogen and oxygen atoms in total. The van der Waals surface area contributed by atoms with Crippen LogP contribution in [0, 0.1) is 10.1 Å². The maximum Gasteiger partial charge on any atom is 0.269 e. The number of non-ortho nitro benzene ring substituents is 1. The van der Waals surface area contributed by atoms with Crippen molar-refractivity contribution in [1.29, 1.82) is 0 Å². The van der Waals surface area contributed by atoms with E-state index in [-0.39, 0.29) is 10.6 Å². The van der Waals surface area contributed by atoms with E-state index in [1.54, 1.807) is 12.1 Å². The summed E-state index contributed by atoms with van der Waals surface area (Å²) in [6.45, 7) is 6.32. The largest absolute Gasteiger partial charge is 0.368 e. The molecule has 1 aromatic rings. The first kappa shape index (κ1) is 12.8. The van der Waals surface area contributed by atoms with Gasteiger partial charge in [0.25, 0.3) is 5.69 Å². The molecule has 1 aliphatic rings. The van der Waals surface area contributed by atoms with Crippen molar-refractivity contribution >= 4 is 11.4 Å². The zero-order valence-corrected chi connectivity index (χ0v) is 11.0. The molecule has 1 saturated heterocycles. The number of piperazine rings is 1. The van der Waals surface area contributed by atoms with Crippen LogP contribution in [0.25, 0.3) is 0 Å². The summed E-state index contributed by atoms with van der Waals surface area (Å²) < 4.78 is 0. The average molecular weight is 249 g/mol. The second-order valence-corrected chi connectivity index (χ2v) is 5.04. The minimum atomic E-state index is -0.362. The van der Waals surface area contributed by atoms with Crippen LogP contribution >= 0.6 is 0 Å². The van der Waals surface area contributed by atoms with E-state index >= 15 is 0 Å². The predicted octanol–water partition coefficient (Wildman–Crippen LogP) is 2.12. The lowest BCUT2D eigenvalue weighted by atomic mass is 10.1. The van der Waals surface area contributed by atoms with E-state index in [1.807, 2.05) is 12.1 Å². The Morgan fingerprint density at radius 2 is 1.67 bits per heavy atom. The van der Waals surface area contributed by atoms with Crippen molar-refractivity contribution in [1.82, 2.24) is 4.90 Å². The molecule has 18 heavy (non-hydrogen) atoms. The van der Waals surface area contributed by atoms with Crippen LogP contribution in [0.2, 0.25) is 0 Å². The van der Waals surface area contributed by atoms with Crippen LogP contribution in [-0.4, -0.2) is 42.0 Å². The molecule has 0 N–H and O–H groups in total. The lowest BCUT2D eigenvalue weighted by Gasteiger charge is -2.43. The maximum atomic E-state index is 10.6. The van der Waals surface area contributed by atoms with Crippen LogP contribution in [0.15, 0.2) is 24.3 Å². The Balaban J connectivity index is 2.14. The molecule has 1 unspecified atom stereocenters. The minimum absolute atomic E-state index is 0.147. The van der Waals surface area contributed by atoms with Crippen molar-refractivity contribution in [2.24, 2.45) is 0 Å². The molecule has 1 aromatic carbocycles. The minimum Gasteiger partial charge on any atom is -0.368 e. The molecule has 2 rings (SSSR count). The normalized spacial score (nSPS) is 25.2. The van der Waals surface area contributed by atoms with Gasteiger partial charge in [-0.1, -0.05) is 0 Å². The van der Waals surface area contributed by atoms with Gasteiger partial charge in [0, 0.05) is 43.0 Å². The zero-order valence-electron chi connectivity index (χ0n) is 11.0. The highest BCUT2D eigenvalue weighted by atomic mass is 16.6. The molecule has 5 heteroatoms. The van der Waals surface area contributed by atoms with Gasteiger partial charge in [-0.3, -0.25) is 15.0 Å². The maximum absolute atomic E-state index is 10.6. The Morgan fingerprint density at radius 3 is 2.11 bits per heavy atom. The van der Waals surface area contributed by atoms with Crippen LogP contribution in [0.3, 0.4) is 0 Å². The molecule has 0 amide bonds. The van der Waals surface area contributed by atoms with Crippen molar-refractivity contribution in [3.05, 3.63) is 34.4 Å². The number of likely N-dealkylation sites (N-methyl/N-ethyl adjacent to an activating group) is 1. The van der Waals surface area contributed by atoms with Gasteiger partial charge >= 0.3 is 0 Å². The summed E-state index contributed by atoms with van der Waals surface area (Å²) in [6.07, 6.45) is 0. The Bertz CT molecular complexity index is 420. The predicted molar refractivity (Wildman–Crippen MR) is 72.0 cm³/mol. The van der Waals surface area contributed by atoms with Crippen molar-refractivity contribution < 1.29 is 4.92 Å². The molecule has 1 aliphatic heterocycles. The quantitative estimate of drug-likeness (QED) is 0.595. The lowest BCUT2D eigenvalue weighted by Crippen LogP contribution is -2.55. The first-order valence-electron chi connectivity index (χ1n) is 6.20. The second-order valence-electron chi connectivity index (χ2n) is 5.04. The molecule has 1 fully saturated rings. The van der Waals surface area contributed by atoms with E-state index in [4.69, 9.17) is 0 Å². The lowest BCUT2D eigenvalue weighted by molar-refractivity contribution is -0.384. The Morgan fingerprint density at radius 1 is 1.17 bits per heavy atom. The summed E-state index contributed by atoms with van der Waals surface area (Å²) in [6, 6.07) is 7.80. The first-order chi connectivity index (χ1) is 8.49. The van der Waals surface area contributed by atoms with E-state index in [1.165, 1.54) is 0 Å². The summed E-state index contributed by atoms with van der Waals surface area (Å²) in [7, 11) is 2.14. The fourth-order valence-electron chi connectivity index (χ4n) is 2.40. The average Bonchev–Trinajstić information content (AvgIpc) is 2.35. The van der Waals surface area contributed by atoms with Crippen LogP contribution in [0.5, 0.6) is 0 Å². The number of hydrogen-bond donors (Lipinski definition) is 0. The smallest absolute Gasteiger partial charge is 0.269 e. The summed E-state index contributed by atoms with van der Waals surface area (Å²) in [5.74, 6) is 0. The van der Waals surface area contributed by atoms with Gasteiger partial charge in [0.15, 0.2) is 0 Å². The number of anilines is 1. The fourth-order valence-corrected chi connectivity index (χ4v) is 2.40. The van der Waals surface area contributed by atoms with Crippen LogP contribution in [0.4, 0.5) is 11.4 Å². The topological polar surface area (TPSA) is 49.6 Å². The highest BCUT2D eigenvalue weighted by Crippen LogP contribution is 2.23. The van der Waals surface area contributed by atoms with Crippen molar-refractivity contribution in [3.63, 3.8) is 0 Å². The molecule has 2 atom stereocenters. The van der Waals surface area contributed by atoms with Gasteiger partial charge in [-0.2, -0.15) is 0 Å². The summed E-state index contributed by atoms with van der Waals surface area (Å²) in [5.41, 5.74) is 1.21. The van der Waals surface area contributed by atoms with Crippen LogP contribution in [0.1, 0.15) is 13.8 Å². The molecule has 0 aliphatic carbocycles. The second kappa shape index (κ2) is 4.94. The van der Waals surface area contributed by atoms with E-state index in [0.29, 0.717) is 12.1 Å². The Labute approximate surface area is 107 Å². The molecule has 1 heterocycles. The molecule has 0 radical (unpaired) electrons. The van der Waals surface area contributed by atoms with Crippen molar-refractivity contribution in [2.45, 2.75) is 25.9 Å². The van der Waals surface area contributed by atoms with Gasteiger partial charge in [0.05, 0.1) is 4.92 Å². The number of nitro benzene ring substituents is 1. The van der Waals surface area contributed by atoms with E-state index in [0.717, 1.165) is 18.8 Å². The van der Waals surface area contributed by atoms with Gasteiger partial charge in [-0.15, -0.1) is 0 Å². The number of rotatable bonds is 2. The van der Waals surface area contributed by atoms with Crippen molar-refractivity contribution in [3.8, 4) is 0 Å². The molecular formula is C13H19N3O2. The number of hydrogen-bond acceptors (Lipinski definition) is 4. The molecule has 0 spiro atoms. The van der Waals surface area contributed by atoms with E-state index in [2.05, 4.69) is 30.7 Å². The molecule has 98 valence electrons. The summed E-state index contributed by atoms with van der Waals surface area (Å²) in [4.78, 5) is 14.9. The Hall–Kier alpha value is -1.62. The third-order valence-corrected chi connectivity index (χ3v) is 3.79. The molecular weight excluding hydrogens is 230 g/mol. The first-order valence-corrected chi connectivity index (χ1v) is 6.20. The van der Waals surface area contributed by atoms with E-state index < -0.39 is 0 Å². The number of nitrogens with zero attached hydrogens (tertiary/aromatic N) is 3. The Kier molecular flexibility index (Phi) is 3.52. The van der Waals surface area contributed by atoms with Gasteiger partial charge < -0.3 is 4.90 Å². The molecule has 0 saturated carbocycles. The molecule has 0 bridgehead atoms. The molecule has 0 aromatic heterocycles. The van der Waals surface area contributed by atoms with Gasteiger partial charge in [-0.05, 0) is 33.0 Å². The number of benzene rings is 1. The SMILES string of the molecule is CC1CN(c2ccc([N+](=O)[O-])cc2)C[C@@H](C)N1C. The third-order valence-electron chi connectivity index (χ3n) is 3.79. The highest BCUT2D eigenvalue weighted by Gasteiger charge is 2.26.